The second-order valence-electron chi connectivity index (χ2n) is 7.20. The number of nitrogens with zero attached hydrogens (tertiary/aromatic N) is 1. The molecule has 0 atom stereocenters. The van der Waals surface area contributed by atoms with Gasteiger partial charge in [-0.15, -0.1) is 0 Å². The number of aryl methyl sites for hydroxylation is 1. The number of carbonyl (C=O) groups excluding carboxylic acids is 3. The number of fused-ring (bicyclic) bond motifs is 1. The summed E-state index contributed by atoms with van der Waals surface area (Å²) in [6.07, 6.45) is 0.331. The highest BCUT2D eigenvalue weighted by Gasteiger charge is 2.18. The minimum absolute atomic E-state index is 0.107. The lowest BCUT2D eigenvalue weighted by molar-refractivity contribution is -0.142. The zero-order chi connectivity index (χ0) is 21.7. The predicted molar refractivity (Wildman–Crippen MR) is 113 cm³/mol. The molecular formula is C24H25NO5. The highest BCUT2D eigenvalue weighted by molar-refractivity contribution is 5.99. The molecule has 156 valence electrons. The van der Waals surface area contributed by atoms with Crippen LogP contribution in [0.1, 0.15) is 33.7 Å². The van der Waals surface area contributed by atoms with E-state index in [2.05, 4.69) is 4.74 Å². The third-order valence-corrected chi connectivity index (χ3v) is 5.17. The van der Waals surface area contributed by atoms with Crippen molar-refractivity contribution in [3.05, 3.63) is 71.0 Å². The molecule has 2 aromatic carbocycles. The van der Waals surface area contributed by atoms with Crippen molar-refractivity contribution < 1.29 is 23.9 Å². The molecule has 0 amide bonds. The van der Waals surface area contributed by atoms with E-state index in [1.807, 2.05) is 60.9 Å². The van der Waals surface area contributed by atoms with Gasteiger partial charge in [0, 0.05) is 23.5 Å². The number of hydrogen-bond donors (Lipinski definition) is 0. The van der Waals surface area contributed by atoms with Gasteiger partial charge in [-0.2, -0.15) is 0 Å². The number of aromatic nitrogens is 1. The van der Waals surface area contributed by atoms with Crippen molar-refractivity contribution in [1.29, 1.82) is 0 Å². The van der Waals surface area contributed by atoms with Crippen molar-refractivity contribution >= 4 is 28.5 Å². The normalized spacial score (nSPS) is 10.8. The fourth-order valence-corrected chi connectivity index (χ4v) is 3.52. The van der Waals surface area contributed by atoms with Crippen molar-refractivity contribution in [1.82, 2.24) is 4.57 Å². The van der Waals surface area contributed by atoms with E-state index in [1.54, 1.807) is 6.07 Å². The number of ether oxygens (including phenoxy) is 2. The van der Waals surface area contributed by atoms with Crippen LogP contribution < -0.4 is 0 Å². The Morgan fingerprint density at radius 2 is 1.67 bits per heavy atom. The first-order valence-corrected chi connectivity index (χ1v) is 9.79. The van der Waals surface area contributed by atoms with Crippen molar-refractivity contribution in [2.75, 3.05) is 13.7 Å². The monoisotopic (exact) mass is 407 g/mol. The third-order valence-electron chi connectivity index (χ3n) is 5.17. The van der Waals surface area contributed by atoms with E-state index >= 15 is 0 Å². The molecule has 1 heterocycles. The molecule has 0 N–H and O–H groups in total. The quantitative estimate of drug-likeness (QED) is 0.420. The number of rotatable bonds is 8. The number of ketones is 1. The first kappa shape index (κ1) is 21.3. The van der Waals surface area contributed by atoms with Crippen LogP contribution in [-0.2, 0) is 32.0 Å². The third kappa shape index (κ3) is 4.95. The van der Waals surface area contributed by atoms with Crippen molar-refractivity contribution in [2.45, 2.75) is 33.2 Å². The molecule has 0 spiro atoms. The molecule has 6 nitrogen and oxygen atoms in total. The molecule has 0 bridgehead atoms. The maximum absolute atomic E-state index is 12.6. The zero-order valence-electron chi connectivity index (χ0n) is 17.4. The summed E-state index contributed by atoms with van der Waals surface area (Å²) in [7, 11) is 1.35. The largest absolute Gasteiger partial charge is 0.469 e. The molecule has 3 aromatic rings. The second-order valence-corrected chi connectivity index (χ2v) is 7.20. The smallest absolute Gasteiger partial charge is 0.310 e. The summed E-state index contributed by atoms with van der Waals surface area (Å²) >= 11 is 0. The van der Waals surface area contributed by atoms with Crippen LogP contribution in [0.3, 0.4) is 0 Å². The Morgan fingerprint density at radius 3 is 2.40 bits per heavy atom. The van der Waals surface area contributed by atoms with Crippen LogP contribution in [0.25, 0.3) is 10.8 Å². The van der Waals surface area contributed by atoms with Crippen molar-refractivity contribution in [3.63, 3.8) is 0 Å². The van der Waals surface area contributed by atoms with Gasteiger partial charge in [0.1, 0.15) is 0 Å². The van der Waals surface area contributed by atoms with Crippen LogP contribution in [0.5, 0.6) is 0 Å². The topological polar surface area (TPSA) is 74.6 Å². The summed E-state index contributed by atoms with van der Waals surface area (Å²) in [4.78, 5) is 36.2. The molecule has 0 unspecified atom stereocenters. The van der Waals surface area contributed by atoms with E-state index < -0.39 is 5.97 Å². The van der Waals surface area contributed by atoms with E-state index in [0.717, 1.165) is 27.7 Å². The maximum Gasteiger partial charge on any atom is 0.310 e. The van der Waals surface area contributed by atoms with E-state index in [0.29, 0.717) is 12.1 Å². The maximum atomic E-state index is 12.6. The number of carbonyl (C=O) groups is 3. The molecule has 0 aliphatic rings. The van der Waals surface area contributed by atoms with Gasteiger partial charge in [-0.3, -0.25) is 14.4 Å². The van der Waals surface area contributed by atoms with Gasteiger partial charge in [0.15, 0.2) is 6.61 Å². The molecule has 30 heavy (non-hydrogen) atoms. The SMILES string of the molecule is COC(=O)CCn1c(C)cc(C(=O)COC(=O)Cc2ccc3ccccc3c2)c1C. The van der Waals surface area contributed by atoms with E-state index in [4.69, 9.17) is 4.74 Å². The van der Waals surface area contributed by atoms with Gasteiger partial charge >= 0.3 is 11.9 Å². The highest BCUT2D eigenvalue weighted by atomic mass is 16.5. The predicted octanol–water partition coefficient (Wildman–Crippen LogP) is 3.79. The van der Waals surface area contributed by atoms with Crippen LogP contribution in [-0.4, -0.2) is 36.0 Å². The highest BCUT2D eigenvalue weighted by Crippen LogP contribution is 2.18. The summed E-state index contributed by atoms with van der Waals surface area (Å²) in [6.45, 7) is 3.80. The van der Waals surface area contributed by atoms with E-state index in [1.165, 1.54) is 7.11 Å². The van der Waals surface area contributed by atoms with Crippen LogP contribution >= 0.6 is 0 Å². The van der Waals surface area contributed by atoms with Crippen molar-refractivity contribution in [3.8, 4) is 0 Å². The van der Waals surface area contributed by atoms with Gasteiger partial charge in [-0.1, -0.05) is 42.5 Å². The van der Waals surface area contributed by atoms with Crippen LogP contribution in [0.2, 0.25) is 0 Å². The molecule has 0 saturated carbocycles. The molecule has 0 aliphatic heterocycles. The molecule has 0 aliphatic carbocycles. The average molecular weight is 407 g/mol. The van der Waals surface area contributed by atoms with Gasteiger partial charge in [0.25, 0.3) is 0 Å². The lowest BCUT2D eigenvalue weighted by Crippen LogP contribution is -2.16. The lowest BCUT2D eigenvalue weighted by atomic mass is 10.1. The number of Topliss-reactive ketones (excluding diaryl/α,β-unsaturated/α-hetero) is 1. The minimum Gasteiger partial charge on any atom is -0.469 e. The average Bonchev–Trinajstić information content (AvgIpc) is 3.03. The Morgan fingerprint density at radius 1 is 0.933 bits per heavy atom. The summed E-state index contributed by atoms with van der Waals surface area (Å²) in [5.74, 6) is -1.02. The fourth-order valence-electron chi connectivity index (χ4n) is 3.52. The molecule has 3 rings (SSSR count). The Labute approximate surface area is 175 Å². The van der Waals surface area contributed by atoms with Gasteiger partial charge in [0.05, 0.1) is 20.0 Å². The van der Waals surface area contributed by atoms with E-state index in [-0.39, 0.29) is 31.2 Å². The van der Waals surface area contributed by atoms with E-state index in [9.17, 15) is 14.4 Å². The fraction of sp³-hybridized carbons (Fsp3) is 0.292. The standard InChI is InChI=1S/C24H25NO5/c1-16-12-21(17(2)25(16)11-10-23(27)29-3)22(26)15-30-24(28)14-18-8-9-19-6-4-5-7-20(19)13-18/h4-9,12-13H,10-11,14-15H2,1-3H3. The Balaban J connectivity index is 1.59. The van der Waals surface area contributed by atoms with Gasteiger partial charge < -0.3 is 14.0 Å². The van der Waals surface area contributed by atoms with Gasteiger partial charge in [-0.25, -0.2) is 0 Å². The summed E-state index contributed by atoms with van der Waals surface area (Å²) in [6, 6.07) is 15.5. The number of esters is 2. The van der Waals surface area contributed by atoms with Crippen LogP contribution in [0.15, 0.2) is 48.5 Å². The minimum atomic E-state index is -0.446. The second kappa shape index (κ2) is 9.39. The van der Waals surface area contributed by atoms with Gasteiger partial charge in [-0.05, 0) is 36.2 Å². The summed E-state index contributed by atoms with van der Waals surface area (Å²) in [5, 5.41) is 2.16. The molecule has 1 aromatic heterocycles. The Bertz CT molecular complexity index is 1100. The molecule has 6 heteroatoms. The molecule has 0 radical (unpaired) electrons. The Kier molecular flexibility index (Phi) is 6.67. The Hall–Kier alpha value is -3.41. The first-order chi connectivity index (χ1) is 14.4. The number of benzene rings is 2. The van der Waals surface area contributed by atoms with Crippen LogP contribution in [0.4, 0.5) is 0 Å². The van der Waals surface area contributed by atoms with Crippen molar-refractivity contribution in [2.24, 2.45) is 0 Å². The zero-order valence-corrected chi connectivity index (χ0v) is 17.4. The van der Waals surface area contributed by atoms with Gasteiger partial charge in [0.2, 0.25) is 5.78 Å². The first-order valence-electron chi connectivity index (χ1n) is 9.79. The van der Waals surface area contributed by atoms with Crippen LogP contribution in [0, 0.1) is 13.8 Å². The lowest BCUT2D eigenvalue weighted by Gasteiger charge is -2.09. The number of methoxy groups -OCH3 is 1. The number of hydrogen-bond acceptors (Lipinski definition) is 5. The molecule has 0 fully saturated rings. The summed E-state index contributed by atoms with van der Waals surface area (Å²) < 4.78 is 11.8. The molecule has 0 saturated heterocycles. The molecular weight excluding hydrogens is 382 g/mol. The summed E-state index contributed by atoms with van der Waals surface area (Å²) in [5.41, 5.74) is 2.94.